The number of benzene rings is 1. The molecule has 0 N–H and O–H groups in total. The van der Waals surface area contributed by atoms with Crippen molar-refractivity contribution in [2.75, 3.05) is 38.8 Å². The van der Waals surface area contributed by atoms with Gasteiger partial charge in [0.25, 0.3) is 0 Å². The monoisotopic (exact) mass is 318 g/mol. The largest absolute Gasteiger partial charge is 0.494 e. The van der Waals surface area contributed by atoms with Crippen molar-refractivity contribution in [1.82, 2.24) is 15.2 Å². The van der Waals surface area contributed by atoms with E-state index < -0.39 is 5.82 Å². The molecule has 1 saturated heterocycles. The van der Waals surface area contributed by atoms with E-state index in [9.17, 15) is 4.39 Å². The Morgan fingerprint density at radius 3 is 2.96 bits per heavy atom. The average molecular weight is 318 g/mol. The van der Waals surface area contributed by atoms with E-state index in [1.807, 2.05) is 0 Å². The lowest BCUT2D eigenvalue weighted by Gasteiger charge is -2.16. The second kappa shape index (κ2) is 6.87. The molecule has 0 spiro atoms. The van der Waals surface area contributed by atoms with Crippen molar-refractivity contribution in [2.45, 2.75) is 6.42 Å². The lowest BCUT2D eigenvalue weighted by atomic mass is 10.1. The van der Waals surface area contributed by atoms with Gasteiger partial charge in [0.2, 0.25) is 5.95 Å². The molecule has 1 aliphatic heterocycles. The lowest BCUT2D eigenvalue weighted by molar-refractivity contribution is 0.161. The third kappa shape index (κ3) is 3.39. The molecule has 2 heterocycles. The summed E-state index contributed by atoms with van der Waals surface area (Å²) in [6.45, 7) is 2.44. The summed E-state index contributed by atoms with van der Waals surface area (Å²) in [5.41, 5.74) is 1.24. The molecule has 0 bridgehead atoms. The van der Waals surface area contributed by atoms with Crippen LogP contribution in [-0.4, -0.2) is 49.1 Å². The molecule has 3 rings (SSSR count). The molecule has 0 saturated carbocycles. The first kappa shape index (κ1) is 15.6. The zero-order valence-electron chi connectivity index (χ0n) is 13.2. The average Bonchev–Trinajstić information content (AvgIpc) is 3.04. The van der Waals surface area contributed by atoms with Gasteiger partial charge in [0.05, 0.1) is 25.6 Å². The van der Waals surface area contributed by atoms with Gasteiger partial charge in [-0.2, -0.15) is 5.10 Å². The molecule has 1 aromatic carbocycles. The first-order chi connectivity index (χ1) is 11.2. The zero-order chi connectivity index (χ0) is 16.2. The first-order valence-corrected chi connectivity index (χ1v) is 7.48. The Balaban J connectivity index is 1.81. The van der Waals surface area contributed by atoms with Crippen molar-refractivity contribution in [3.63, 3.8) is 0 Å². The van der Waals surface area contributed by atoms with E-state index in [-0.39, 0.29) is 5.75 Å². The predicted molar refractivity (Wildman–Crippen MR) is 84.0 cm³/mol. The van der Waals surface area contributed by atoms with Gasteiger partial charge in [-0.3, -0.25) is 0 Å². The van der Waals surface area contributed by atoms with E-state index in [0.717, 1.165) is 26.1 Å². The Morgan fingerprint density at radius 1 is 1.35 bits per heavy atom. The van der Waals surface area contributed by atoms with Gasteiger partial charge in [0.15, 0.2) is 11.6 Å². The molecule has 1 aromatic heterocycles. The van der Waals surface area contributed by atoms with Gasteiger partial charge in [-0.15, -0.1) is 5.10 Å². The number of anilines is 1. The summed E-state index contributed by atoms with van der Waals surface area (Å²) in [6, 6.07) is 4.73. The van der Waals surface area contributed by atoms with Crippen LogP contribution >= 0.6 is 0 Å². The van der Waals surface area contributed by atoms with Gasteiger partial charge in [0, 0.05) is 31.7 Å². The highest BCUT2D eigenvalue weighted by Gasteiger charge is 2.24. The minimum absolute atomic E-state index is 0.206. The van der Waals surface area contributed by atoms with E-state index in [0.29, 0.717) is 23.1 Å². The van der Waals surface area contributed by atoms with Crippen LogP contribution in [-0.2, 0) is 4.74 Å². The number of aromatic nitrogens is 3. The van der Waals surface area contributed by atoms with Crippen molar-refractivity contribution in [2.24, 2.45) is 5.92 Å². The highest BCUT2D eigenvalue weighted by Crippen LogP contribution is 2.26. The first-order valence-electron chi connectivity index (χ1n) is 7.48. The molecule has 1 fully saturated rings. The van der Waals surface area contributed by atoms with E-state index in [1.165, 1.54) is 19.4 Å². The molecule has 0 amide bonds. The van der Waals surface area contributed by atoms with Crippen LogP contribution in [0.2, 0.25) is 0 Å². The number of nitrogens with zero attached hydrogens (tertiary/aromatic N) is 4. The summed E-state index contributed by atoms with van der Waals surface area (Å²) in [5.74, 6) is 0.826. The minimum atomic E-state index is -0.425. The fourth-order valence-corrected chi connectivity index (χ4v) is 2.78. The molecule has 1 aliphatic rings. The topological polar surface area (TPSA) is 60.4 Å². The molecule has 23 heavy (non-hydrogen) atoms. The van der Waals surface area contributed by atoms with Crippen molar-refractivity contribution < 1.29 is 13.9 Å². The van der Waals surface area contributed by atoms with Crippen molar-refractivity contribution in [3.05, 3.63) is 30.2 Å². The number of halogens is 1. The second-order valence-electron chi connectivity index (χ2n) is 5.55. The second-order valence-corrected chi connectivity index (χ2v) is 5.55. The zero-order valence-corrected chi connectivity index (χ0v) is 13.2. The van der Waals surface area contributed by atoms with Crippen molar-refractivity contribution in [1.29, 1.82) is 0 Å². The molecule has 0 aliphatic carbocycles. The Bertz CT molecular complexity index is 683. The van der Waals surface area contributed by atoms with Crippen LogP contribution in [0, 0.1) is 11.7 Å². The number of hydrogen-bond acceptors (Lipinski definition) is 6. The van der Waals surface area contributed by atoms with E-state index in [1.54, 1.807) is 19.2 Å². The highest BCUT2D eigenvalue weighted by molar-refractivity contribution is 5.60. The molecule has 1 unspecified atom stereocenters. The summed E-state index contributed by atoms with van der Waals surface area (Å²) < 4.78 is 24.0. The molecule has 6 nitrogen and oxygen atoms in total. The predicted octanol–water partition coefficient (Wildman–Crippen LogP) is 2.16. The number of methoxy groups -OCH3 is 2. The maximum Gasteiger partial charge on any atom is 0.245 e. The fourth-order valence-electron chi connectivity index (χ4n) is 2.78. The molecule has 122 valence electrons. The molecule has 0 radical (unpaired) electrons. The fraction of sp³-hybridized carbons (Fsp3) is 0.438. The van der Waals surface area contributed by atoms with E-state index in [2.05, 4.69) is 20.1 Å². The molecule has 2 aromatic rings. The summed E-state index contributed by atoms with van der Waals surface area (Å²) in [7, 11) is 3.14. The Morgan fingerprint density at radius 2 is 2.22 bits per heavy atom. The summed E-state index contributed by atoms with van der Waals surface area (Å²) in [6.07, 6.45) is 2.58. The summed E-state index contributed by atoms with van der Waals surface area (Å²) in [4.78, 5) is 6.60. The van der Waals surface area contributed by atoms with E-state index >= 15 is 0 Å². The van der Waals surface area contributed by atoms with Crippen LogP contribution in [0.4, 0.5) is 10.3 Å². The number of hydrogen-bond donors (Lipinski definition) is 0. The van der Waals surface area contributed by atoms with Gasteiger partial charge >= 0.3 is 0 Å². The van der Waals surface area contributed by atoms with Crippen LogP contribution in [0.5, 0.6) is 5.75 Å². The molecule has 7 heteroatoms. The van der Waals surface area contributed by atoms with Gasteiger partial charge in [0.1, 0.15) is 0 Å². The third-order valence-corrected chi connectivity index (χ3v) is 3.97. The Hall–Kier alpha value is -2.28. The lowest BCUT2D eigenvalue weighted by Crippen LogP contribution is -2.23. The van der Waals surface area contributed by atoms with Gasteiger partial charge in [-0.1, -0.05) is 0 Å². The van der Waals surface area contributed by atoms with Crippen LogP contribution in [0.25, 0.3) is 11.3 Å². The molecular weight excluding hydrogens is 299 g/mol. The van der Waals surface area contributed by atoms with Crippen LogP contribution in [0.1, 0.15) is 6.42 Å². The maximum absolute atomic E-state index is 13.9. The van der Waals surface area contributed by atoms with Crippen molar-refractivity contribution >= 4 is 5.95 Å². The van der Waals surface area contributed by atoms with Crippen LogP contribution in [0.3, 0.4) is 0 Å². The number of rotatable bonds is 5. The molecule has 1 atom stereocenters. The third-order valence-electron chi connectivity index (χ3n) is 3.97. The SMILES string of the molecule is COCC1CCN(c2nncc(-c3ccc(OC)c(F)c3)n2)C1. The number of ether oxygens (including phenoxy) is 2. The van der Waals surface area contributed by atoms with Gasteiger partial charge < -0.3 is 14.4 Å². The van der Waals surface area contributed by atoms with Crippen molar-refractivity contribution in [3.8, 4) is 17.0 Å². The van der Waals surface area contributed by atoms with Gasteiger partial charge in [-0.05, 0) is 24.6 Å². The summed E-state index contributed by atoms with van der Waals surface area (Å²) in [5, 5.41) is 8.11. The Labute approximate surface area is 134 Å². The summed E-state index contributed by atoms with van der Waals surface area (Å²) >= 11 is 0. The maximum atomic E-state index is 13.9. The Kier molecular flexibility index (Phi) is 4.66. The smallest absolute Gasteiger partial charge is 0.245 e. The minimum Gasteiger partial charge on any atom is -0.494 e. The molecular formula is C16H19FN4O2. The van der Waals surface area contributed by atoms with Crippen LogP contribution in [0.15, 0.2) is 24.4 Å². The van der Waals surface area contributed by atoms with Gasteiger partial charge in [-0.25, -0.2) is 9.37 Å². The normalized spacial score (nSPS) is 17.5. The standard InChI is InChI=1S/C16H19FN4O2/c1-22-10-11-5-6-21(9-11)16-19-14(8-18-20-16)12-3-4-15(23-2)13(17)7-12/h3-4,7-8,11H,5-6,9-10H2,1-2H3. The van der Waals surface area contributed by atoms with Crippen LogP contribution < -0.4 is 9.64 Å². The quantitative estimate of drug-likeness (QED) is 0.842. The van der Waals surface area contributed by atoms with E-state index in [4.69, 9.17) is 9.47 Å². The highest BCUT2D eigenvalue weighted by atomic mass is 19.1.